The number of nitrogen functional groups attached to an aromatic ring is 1. The van der Waals surface area contributed by atoms with Crippen LogP contribution in [0.4, 0.5) is 5.82 Å². The lowest BCUT2D eigenvalue weighted by Gasteiger charge is -2.18. The maximum Gasteiger partial charge on any atom is 0.349 e. The molecule has 4 atom stereocenters. The molecule has 1 fully saturated rings. The van der Waals surface area contributed by atoms with Gasteiger partial charge in [-0.15, -0.1) is 0 Å². The highest BCUT2D eigenvalue weighted by atomic mass is 16.3. The lowest BCUT2D eigenvalue weighted by Crippen LogP contribution is -2.35. The van der Waals surface area contributed by atoms with E-state index in [9.17, 15) is 15.0 Å². The van der Waals surface area contributed by atoms with E-state index in [1.165, 1.54) is 16.8 Å². The smallest absolute Gasteiger partial charge is 0.349 e. The molecular weight excluding hydrogens is 226 g/mol. The highest BCUT2D eigenvalue weighted by molar-refractivity contribution is 5.23. The van der Waals surface area contributed by atoms with Crippen LogP contribution in [0, 0.1) is 5.92 Å². The van der Waals surface area contributed by atoms with Crippen LogP contribution in [0.5, 0.6) is 0 Å². The number of aromatic nitrogens is 2. The van der Waals surface area contributed by atoms with Crippen LogP contribution in [0.25, 0.3) is 0 Å². The van der Waals surface area contributed by atoms with Crippen molar-refractivity contribution < 1.29 is 15.3 Å². The van der Waals surface area contributed by atoms with E-state index in [1.54, 1.807) is 0 Å². The molecule has 94 valence electrons. The molecule has 7 heteroatoms. The van der Waals surface area contributed by atoms with Gasteiger partial charge in [0.1, 0.15) is 11.9 Å². The zero-order chi connectivity index (χ0) is 12.6. The first-order chi connectivity index (χ1) is 8.04. The number of aliphatic hydroxyl groups is 3. The van der Waals surface area contributed by atoms with Crippen molar-refractivity contribution in [2.24, 2.45) is 5.92 Å². The quantitative estimate of drug-likeness (QED) is 0.480. The summed E-state index contributed by atoms with van der Waals surface area (Å²) < 4.78 is 1.24. The van der Waals surface area contributed by atoms with E-state index >= 15 is 0 Å². The maximum atomic E-state index is 11.6. The third-order valence-electron chi connectivity index (χ3n) is 3.21. The van der Waals surface area contributed by atoms with E-state index in [4.69, 9.17) is 10.8 Å². The van der Waals surface area contributed by atoms with Crippen LogP contribution in [-0.2, 0) is 0 Å². The first kappa shape index (κ1) is 12.0. The molecule has 5 N–H and O–H groups in total. The Bertz CT molecular complexity index is 461. The third kappa shape index (κ3) is 2.04. The molecule has 1 saturated carbocycles. The molecule has 1 aliphatic carbocycles. The second-order valence-electron chi connectivity index (χ2n) is 4.27. The van der Waals surface area contributed by atoms with Gasteiger partial charge in [-0.1, -0.05) is 0 Å². The monoisotopic (exact) mass is 241 g/mol. The number of nitrogens with zero attached hydrogens (tertiary/aromatic N) is 2. The van der Waals surface area contributed by atoms with Gasteiger partial charge in [0, 0.05) is 18.7 Å². The van der Waals surface area contributed by atoms with Gasteiger partial charge in [-0.3, -0.25) is 4.57 Å². The number of rotatable bonds is 2. The van der Waals surface area contributed by atoms with Crippen molar-refractivity contribution in [2.75, 3.05) is 12.3 Å². The molecule has 0 bridgehead atoms. The van der Waals surface area contributed by atoms with Crippen LogP contribution in [0.15, 0.2) is 17.1 Å². The first-order valence-corrected chi connectivity index (χ1v) is 5.36. The summed E-state index contributed by atoms with van der Waals surface area (Å²) in [5, 5.41) is 28.5. The van der Waals surface area contributed by atoms with Crippen molar-refractivity contribution in [1.82, 2.24) is 9.55 Å². The Morgan fingerprint density at radius 1 is 1.47 bits per heavy atom. The Morgan fingerprint density at radius 2 is 2.18 bits per heavy atom. The van der Waals surface area contributed by atoms with Gasteiger partial charge in [-0.25, -0.2) is 4.79 Å². The van der Waals surface area contributed by atoms with Gasteiger partial charge in [0.25, 0.3) is 0 Å². The minimum absolute atomic E-state index is 0.109. The molecule has 4 unspecified atom stereocenters. The molecule has 7 nitrogen and oxygen atoms in total. The lowest BCUT2D eigenvalue weighted by atomic mass is 10.1. The number of hydrogen-bond acceptors (Lipinski definition) is 6. The molecule has 0 saturated heterocycles. The third-order valence-corrected chi connectivity index (χ3v) is 3.21. The Labute approximate surface area is 97.1 Å². The fourth-order valence-corrected chi connectivity index (χ4v) is 2.23. The summed E-state index contributed by atoms with van der Waals surface area (Å²) in [6.45, 7) is -0.230. The summed E-state index contributed by atoms with van der Waals surface area (Å²) in [5.41, 5.74) is 4.80. The van der Waals surface area contributed by atoms with Gasteiger partial charge in [-0.2, -0.15) is 4.98 Å². The van der Waals surface area contributed by atoms with Gasteiger partial charge in [0.15, 0.2) is 0 Å². The van der Waals surface area contributed by atoms with E-state index in [0.717, 1.165) is 0 Å². The van der Waals surface area contributed by atoms with Gasteiger partial charge < -0.3 is 21.1 Å². The van der Waals surface area contributed by atoms with Crippen LogP contribution in [0.1, 0.15) is 12.5 Å². The Hall–Kier alpha value is -1.44. The Balaban J connectivity index is 2.32. The number of hydrogen-bond donors (Lipinski definition) is 4. The molecular formula is C10H15N3O4. The highest BCUT2D eigenvalue weighted by Crippen LogP contribution is 2.34. The van der Waals surface area contributed by atoms with E-state index in [2.05, 4.69) is 4.98 Å². The first-order valence-electron chi connectivity index (χ1n) is 5.36. The average molecular weight is 241 g/mol. The summed E-state index contributed by atoms with van der Waals surface area (Å²) in [4.78, 5) is 15.1. The van der Waals surface area contributed by atoms with Crippen LogP contribution >= 0.6 is 0 Å². The molecule has 2 rings (SSSR count). The van der Waals surface area contributed by atoms with Crippen molar-refractivity contribution in [1.29, 1.82) is 0 Å². The molecule has 17 heavy (non-hydrogen) atoms. The highest BCUT2D eigenvalue weighted by Gasteiger charge is 2.42. The summed E-state index contributed by atoms with van der Waals surface area (Å²) >= 11 is 0. The molecule has 0 radical (unpaired) electrons. The molecule has 0 aliphatic heterocycles. The summed E-state index contributed by atoms with van der Waals surface area (Å²) in [6.07, 6.45) is -0.361. The minimum Gasteiger partial charge on any atom is -0.396 e. The SMILES string of the molecule is Nc1ccn(C2CC(CO)C(O)C2O)c(=O)n1. The summed E-state index contributed by atoms with van der Waals surface area (Å²) in [5.74, 6) is -0.322. The minimum atomic E-state index is -1.09. The number of aliphatic hydroxyl groups excluding tert-OH is 3. The van der Waals surface area contributed by atoms with E-state index in [0.29, 0.717) is 6.42 Å². The molecule has 0 aromatic carbocycles. The Kier molecular flexibility index (Phi) is 3.14. The van der Waals surface area contributed by atoms with Crippen molar-refractivity contribution >= 4 is 5.82 Å². The second-order valence-corrected chi connectivity index (χ2v) is 4.27. The van der Waals surface area contributed by atoms with Crippen LogP contribution in [0.3, 0.4) is 0 Å². The van der Waals surface area contributed by atoms with Crippen molar-refractivity contribution in [3.63, 3.8) is 0 Å². The fourth-order valence-electron chi connectivity index (χ4n) is 2.23. The molecule has 1 aromatic rings. The second kappa shape index (κ2) is 4.44. The molecule has 1 heterocycles. The predicted octanol–water partition coefficient (Wildman–Crippen LogP) is -1.90. The van der Waals surface area contributed by atoms with Crippen molar-refractivity contribution in [3.05, 3.63) is 22.7 Å². The van der Waals surface area contributed by atoms with Crippen molar-refractivity contribution in [3.8, 4) is 0 Å². The standard InChI is InChI=1S/C10H15N3O4/c11-7-1-2-13(10(17)12-7)6-3-5(4-14)8(15)9(6)16/h1-2,5-6,8-9,14-16H,3-4H2,(H2,11,12,17). The molecule has 0 amide bonds. The fraction of sp³-hybridized carbons (Fsp3) is 0.600. The molecule has 1 aliphatic rings. The van der Waals surface area contributed by atoms with Gasteiger partial charge in [-0.05, 0) is 12.5 Å². The van der Waals surface area contributed by atoms with E-state index in [-0.39, 0.29) is 12.4 Å². The zero-order valence-corrected chi connectivity index (χ0v) is 9.10. The van der Waals surface area contributed by atoms with Gasteiger partial charge in [0.05, 0.1) is 12.1 Å². The summed E-state index contributed by atoms with van der Waals surface area (Å²) in [7, 11) is 0. The number of anilines is 1. The zero-order valence-electron chi connectivity index (χ0n) is 9.10. The van der Waals surface area contributed by atoms with E-state index < -0.39 is 29.9 Å². The summed E-state index contributed by atoms with van der Waals surface area (Å²) in [6, 6.07) is 0.870. The van der Waals surface area contributed by atoms with Gasteiger partial charge in [0.2, 0.25) is 0 Å². The predicted molar refractivity (Wildman–Crippen MR) is 59.2 cm³/mol. The van der Waals surface area contributed by atoms with Gasteiger partial charge >= 0.3 is 5.69 Å². The number of nitrogens with two attached hydrogens (primary N) is 1. The molecule has 0 spiro atoms. The lowest BCUT2D eigenvalue weighted by molar-refractivity contribution is -0.00453. The Morgan fingerprint density at radius 3 is 2.71 bits per heavy atom. The largest absolute Gasteiger partial charge is 0.396 e. The molecule has 1 aromatic heterocycles. The average Bonchev–Trinajstić information content (AvgIpc) is 2.57. The van der Waals surface area contributed by atoms with Crippen molar-refractivity contribution in [2.45, 2.75) is 24.7 Å². The normalized spacial score (nSPS) is 32.9. The topological polar surface area (TPSA) is 122 Å². The van der Waals surface area contributed by atoms with Crippen LogP contribution in [-0.4, -0.2) is 43.7 Å². The van der Waals surface area contributed by atoms with Crippen LogP contribution < -0.4 is 11.4 Å². The maximum absolute atomic E-state index is 11.6. The van der Waals surface area contributed by atoms with Crippen LogP contribution in [0.2, 0.25) is 0 Å². The van der Waals surface area contributed by atoms with E-state index in [1.807, 2.05) is 0 Å².